The summed E-state index contributed by atoms with van der Waals surface area (Å²) in [4.78, 5) is 16.8. The minimum absolute atomic E-state index is 0.314. The van der Waals surface area contributed by atoms with E-state index in [4.69, 9.17) is 4.74 Å². The van der Waals surface area contributed by atoms with Crippen LogP contribution in [0.4, 0.5) is 0 Å². The van der Waals surface area contributed by atoms with Crippen molar-refractivity contribution in [2.75, 3.05) is 6.61 Å². The van der Waals surface area contributed by atoms with Gasteiger partial charge < -0.3 is 4.74 Å². The fourth-order valence-electron chi connectivity index (χ4n) is 3.01. The number of nitrogens with zero attached hydrogens (tertiary/aromatic N) is 3. The topological polar surface area (TPSA) is 56.5 Å². The van der Waals surface area contributed by atoms with Crippen LogP contribution in [-0.2, 0) is 4.74 Å². The molecule has 0 spiro atoms. The largest absolute Gasteiger partial charge is 0.462 e. The Hall–Kier alpha value is -2.69. The molecule has 0 amide bonds. The van der Waals surface area contributed by atoms with Crippen molar-refractivity contribution >= 4 is 11.6 Å². The summed E-state index contributed by atoms with van der Waals surface area (Å²) in [5.41, 5.74) is 5.86. The number of esters is 1. The van der Waals surface area contributed by atoms with Gasteiger partial charge in [-0.3, -0.25) is 0 Å². The van der Waals surface area contributed by atoms with E-state index >= 15 is 0 Å². The second-order valence-electron chi connectivity index (χ2n) is 5.61. The minimum Gasteiger partial charge on any atom is -0.462 e. The summed E-state index contributed by atoms with van der Waals surface area (Å²) in [5, 5.41) is 4.59. The number of carbonyl (C=O) groups excluding carboxylic acids is 1. The Balaban J connectivity index is 2.34. The molecule has 118 valence electrons. The molecular weight excluding hydrogens is 290 g/mol. The second-order valence-corrected chi connectivity index (χ2v) is 5.61. The van der Waals surface area contributed by atoms with Crippen molar-refractivity contribution in [3.05, 3.63) is 52.8 Å². The van der Waals surface area contributed by atoms with E-state index in [0.29, 0.717) is 23.5 Å². The van der Waals surface area contributed by atoms with Gasteiger partial charge in [0.15, 0.2) is 5.65 Å². The van der Waals surface area contributed by atoms with Crippen LogP contribution in [0.3, 0.4) is 0 Å². The first kappa shape index (κ1) is 15.2. The summed E-state index contributed by atoms with van der Waals surface area (Å²) < 4.78 is 6.85. The summed E-state index contributed by atoms with van der Waals surface area (Å²) in [6.45, 7) is 8.22. The van der Waals surface area contributed by atoms with E-state index in [1.165, 1.54) is 5.56 Å². The molecule has 0 saturated carbocycles. The highest BCUT2D eigenvalue weighted by atomic mass is 16.5. The number of aryl methyl sites for hydroxylation is 3. The smallest absolute Gasteiger partial charge is 0.344 e. The van der Waals surface area contributed by atoms with E-state index in [2.05, 4.69) is 29.1 Å². The van der Waals surface area contributed by atoms with Crippen LogP contribution in [0.25, 0.3) is 16.9 Å². The van der Waals surface area contributed by atoms with E-state index in [0.717, 1.165) is 16.7 Å². The molecule has 23 heavy (non-hydrogen) atoms. The Kier molecular flexibility index (Phi) is 3.86. The number of rotatable bonds is 3. The SMILES string of the molecule is CCOC(=O)c1c(-c2c(C)cc(C)cc2C)nn2cccnc12. The number of aromatic nitrogens is 3. The molecule has 0 aliphatic heterocycles. The van der Waals surface area contributed by atoms with Crippen LogP contribution in [0.5, 0.6) is 0 Å². The summed E-state index contributed by atoms with van der Waals surface area (Å²) in [6.07, 6.45) is 3.44. The van der Waals surface area contributed by atoms with E-state index < -0.39 is 5.97 Å². The molecule has 0 aliphatic rings. The number of hydrogen-bond donors (Lipinski definition) is 0. The van der Waals surface area contributed by atoms with Crippen molar-refractivity contribution in [1.29, 1.82) is 0 Å². The Bertz CT molecular complexity index is 873. The molecule has 0 fully saturated rings. The van der Waals surface area contributed by atoms with Crippen molar-refractivity contribution < 1.29 is 9.53 Å². The van der Waals surface area contributed by atoms with E-state index in [9.17, 15) is 4.79 Å². The van der Waals surface area contributed by atoms with Crippen LogP contribution in [-0.4, -0.2) is 27.2 Å². The molecule has 5 nitrogen and oxygen atoms in total. The molecule has 3 aromatic rings. The van der Waals surface area contributed by atoms with Gasteiger partial charge in [-0.15, -0.1) is 0 Å². The first-order valence-corrected chi connectivity index (χ1v) is 7.61. The first-order chi connectivity index (χ1) is 11.0. The standard InChI is InChI=1S/C18H19N3O2/c1-5-23-18(22)15-16(20-21-8-6-7-19-17(15)21)14-12(3)9-11(2)10-13(14)4/h6-10H,5H2,1-4H3. The zero-order chi connectivity index (χ0) is 16.6. The lowest BCUT2D eigenvalue weighted by Gasteiger charge is -2.10. The van der Waals surface area contributed by atoms with Gasteiger partial charge in [-0.1, -0.05) is 17.7 Å². The van der Waals surface area contributed by atoms with Crippen LogP contribution >= 0.6 is 0 Å². The van der Waals surface area contributed by atoms with Crippen molar-refractivity contribution in [1.82, 2.24) is 14.6 Å². The highest BCUT2D eigenvalue weighted by molar-refractivity contribution is 6.03. The van der Waals surface area contributed by atoms with Gasteiger partial charge in [-0.2, -0.15) is 5.10 Å². The van der Waals surface area contributed by atoms with E-state index in [-0.39, 0.29) is 0 Å². The first-order valence-electron chi connectivity index (χ1n) is 7.61. The zero-order valence-electron chi connectivity index (χ0n) is 13.8. The maximum Gasteiger partial charge on any atom is 0.344 e. The third kappa shape index (κ3) is 2.59. The van der Waals surface area contributed by atoms with Crippen LogP contribution < -0.4 is 0 Å². The van der Waals surface area contributed by atoms with Crippen LogP contribution in [0.1, 0.15) is 34.0 Å². The molecule has 0 radical (unpaired) electrons. The molecule has 0 bridgehead atoms. The van der Waals surface area contributed by atoms with E-state index in [1.54, 1.807) is 29.9 Å². The molecule has 1 aromatic carbocycles. The number of fused-ring (bicyclic) bond motifs is 1. The van der Waals surface area contributed by atoms with Crippen molar-refractivity contribution in [2.45, 2.75) is 27.7 Å². The minimum atomic E-state index is -0.393. The summed E-state index contributed by atoms with van der Waals surface area (Å²) in [6, 6.07) is 5.97. The van der Waals surface area contributed by atoms with Gasteiger partial charge in [0.25, 0.3) is 0 Å². The van der Waals surface area contributed by atoms with Crippen LogP contribution in [0.2, 0.25) is 0 Å². The average Bonchev–Trinajstić information content (AvgIpc) is 2.85. The van der Waals surface area contributed by atoms with Gasteiger partial charge >= 0.3 is 5.97 Å². The zero-order valence-corrected chi connectivity index (χ0v) is 13.8. The number of benzene rings is 1. The van der Waals surface area contributed by atoms with Crippen molar-refractivity contribution in [3.63, 3.8) is 0 Å². The molecular formula is C18H19N3O2. The Morgan fingerprint density at radius 3 is 2.57 bits per heavy atom. The summed E-state index contributed by atoms with van der Waals surface area (Å²) in [5.74, 6) is -0.393. The molecule has 0 unspecified atom stereocenters. The lowest BCUT2D eigenvalue weighted by molar-refractivity contribution is 0.0529. The van der Waals surface area contributed by atoms with Crippen molar-refractivity contribution in [2.24, 2.45) is 0 Å². The Labute approximate surface area is 134 Å². The molecule has 0 N–H and O–H groups in total. The molecule has 5 heteroatoms. The molecule has 2 aromatic heterocycles. The lowest BCUT2D eigenvalue weighted by atomic mass is 9.95. The quantitative estimate of drug-likeness (QED) is 0.695. The third-order valence-electron chi connectivity index (χ3n) is 3.79. The predicted octanol–water partition coefficient (Wildman–Crippen LogP) is 3.50. The lowest BCUT2D eigenvalue weighted by Crippen LogP contribution is -2.07. The molecule has 0 aliphatic carbocycles. The highest BCUT2D eigenvalue weighted by Gasteiger charge is 2.25. The average molecular weight is 309 g/mol. The van der Waals surface area contributed by atoms with Gasteiger partial charge in [0.1, 0.15) is 11.3 Å². The van der Waals surface area contributed by atoms with Crippen LogP contribution in [0.15, 0.2) is 30.6 Å². The maximum atomic E-state index is 12.5. The van der Waals surface area contributed by atoms with Gasteiger partial charge in [0.2, 0.25) is 0 Å². The number of carbonyl (C=O) groups is 1. The predicted molar refractivity (Wildman–Crippen MR) is 88.6 cm³/mol. The molecule has 0 atom stereocenters. The fourth-order valence-corrected chi connectivity index (χ4v) is 3.01. The normalized spacial score (nSPS) is 11.0. The van der Waals surface area contributed by atoms with Gasteiger partial charge in [-0.05, 0) is 44.9 Å². The Morgan fingerprint density at radius 2 is 1.91 bits per heavy atom. The maximum absolute atomic E-state index is 12.5. The molecule has 0 saturated heterocycles. The number of ether oxygens (including phenoxy) is 1. The van der Waals surface area contributed by atoms with Gasteiger partial charge in [0, 0.05) is 18.0 Å². The molecule has 3 rings (SSSR count). The fraction of sp³-hybridized carbons (Fsp3) is 0.278. The van der Waals surface area contributed by atoms with Crippen molar-refractivity contribution in [3.8, 4) is 11.3 Å². The summed E-state index contributed by atoms with van der Waals surface area (Å²) >= 11 is 0. The van der Waals surface area contributed by atoms with Gasteiger partial charge in [0.05, 0.1) is 6.61 Å². The highest BCUT2D eigenvalue weighted by Crippen LogP contribution is 2.32. The molecule has 2 heterocycles. The number of hydrogen-bond acceptors (Lipinski definition) is 4. The van der Waals surface area contributed by atoms with Gasteiger partial charge in [-0.25, -0.2) is 14.3 Å². The van der Waals surface area contributed by atoms with E-state index in [1.807, 2.05) is 13.8 Å². The van der Waals surface area contributed by atoms with Crippen LogP contribution in [0, 0.1) is 20.8 Å². The summed E-state index contributed by atoms with van der Waals surface area (Å²) in [7, 11) is 0. The third-order valence-corrected chi connectivity index (χ3v) is 3.79. The Morgan fingerprint density at radius 1 is 1.22 bits per heavy atom. The second kappa shape index (κ2) is 5.83. The monoisotopic (exact) mass is 309 g/mol.